The van der Waals surface area contributed by atoms with Crippen molar-refractivity contribution in [1.29, 1.82) is 0 Å². The van der Waals surface area contributed by atoms with Gasteiger partial charge in [-0.05, 0) is 43.0 Å². The predicted octanol–water partition coefficient (Wildman–Crippen LogP) is 3.27. The number of amides is 1. The van der Waals surface area contributed by atoms with Gasteiger partial charge in [-0.15, -0.1) is 0 Å². The maximum absolute atomic E-state index is 13.5. The molecule has 2 rings (SSSR count). The first kappa shape index (κ1) is 23.6. The molecule has 0 fully saturated rings. The van der Waals surface area contributed by atoms with Crippen molar-refractivity contribution in [2.24, 2.45) is 0 Å². The summed E-state index contributed by atoms with van der Waals surface area (Å²) in [5.41, 5.74) is 1.08. The number of carbonyl (C=O) groups excluding carboxylic acids is 1. The molecular formula is C21H26F2N2O4S. The fourth-order valence-corrected chi connectivity index (χ4v) is 3.97. The Morgan fingerprint density at radius 3 is 2.50 bits per heavy atom. The van der Waals surface area contributed by atoms with Crippen molar-refractivity contribution in [2.45, 2.75) is 25.7 Å². The Morgan fingerprint density at radius 2 is 1.83 bits per heavy atom. The molecule has 6 nitrogen and oxygen atoms in total. The van der Waals surface area contributed by atoms with E-state index in [1.165, 1.54) is 6.07 Å². The lowest BCUT2D eigenvalue weighted by Gasteiger charge is -2.22. The standard InChI is InChI=1S/C21H26F2N2O4S/c1-29-20-9-4-3-7-16(20)8-5-13-24-21(26)10-6-14-25(30(2,27)28)17-11-12-18(22)19(23)15-17/h3-4,7,9,11-12,15H,5-6,8,10,13-14H2,1-2H3,(H,24,26). The lowest BCUT2D eigenvalue weighted by molar-refractivity contribution is -0.121. The van der Waals surface area contributed by atoms with E-state index in [2.05, 4.69) is 5.32 Å². The highest BCUT2D eigenvalue weighted by molar-refractivity contribution is 7.92. The number of halogens is 2. The summed E-state index contributed by atoms with van der Waals surface area (Å²) in [6.07, 6.45) is 2.82. The van der Waals surface area contributed by atoms with Gasteiger partial charge in [0.05, 0.1) is 19.1 Å². The molecule has 0 spiro atoms. The zero-order valence-electron chi connectivity index (χ0n) is 17.0. The number of sulfonamides is 1. The molecule has 0 radical (unpaired) electrons. The number of nitrogens with one attached hydrogen (secondary N) is 1. The molecule has 1 amide bonds. The molecule has 2 aromatic carbocycles. The van der Waals surface area contributed by atoms with Crippen LogP contribution in [0.5, 0.6) is 5.75 Å². The van der Waals surface area contributed by atoms with Gasteiger partial charge in [0.25, 0.3) is 0 Å². The van der Waals surface area contributed by atoms with Crippen LogP contribution in [-0.4, -0.2) is 40.8 Å². The summed E-state index contributed by atoms with van der Waals surface area (Å²) < 4.78 is 56.8. The lowest BCUT2D eigenvalue weighted by atomic mass is 10.1. The molecular weight excluding hydrogens is 414 g/mol. The Bertz CT molecular complexity index is 967. The second-order valence-electron chi connectivity index (χ2n) is 6.80. The van der Waals surface area contributed by atoms with Crippen molar-refractivity contribution >= 4 is 21.6 Å². The van der Waals surface area contributed by atoms with Crippen LogP contribution in [0.15, 0.2) is 42.5 Å². The van der Waals surface area contributed by atoms with Gasteiger partial charge in [-0.25, -0.2) is 17.2 Å². The van der Waals surface area contributed by atoms with Crippen LogP contribution in [0.25, 0.3) is 0 Å². The molecule has 164 valence electrons. The summed E-state index contributed by atoms with van der Waals surface area (Å²) in [5.74, 6) is -1.58. The van der Waals surface area contributed by atoms with E-state index in [1.54, 1.807) is 7.11 Å². The van der Waals surface area contributed by atoms with E-state index in [9.17, 15) is 22.0 Å². The number of carbonyl (C=O) groups is 1. The first-order valence-electron chi connectivity index (χ1n) is 9.53. The van der Waals surface area contributed by atoms with Gasteiger partial charge in [0.1, 0.15) is 5.75 Å². The number of methoxy groups -OCH3 is 1. The molecule has 30 heavy (non-hydrogen) atoms. The van der Waals surface area contributed by atoms with E-state index in [0.717, 1.165) is 46.8 Å². The van der Waals surface area contributed by atoms with Crippen LogP contribution in [0.4, 0.5) is 14.5 Å². The summed E-state index contributed by atoms with van der Waals surface area (Å²) in [5, 5.41) is 2.80. The molecule has 0 aliphatic heterocycles. The molecule has 0 heterocycles. The highest BCUT2D eigenvalue weighted by Crippen LogP contribution is 2.21. The Balaban J connectivity index is 1.79. The van der Waals surface area contributed by atoms with Gasteiger partial charge in [0.2, 0.25) is 15.9 Å². The first-order valence-corrected chi connectivity index (χ1v) is 11.4. The van der Waals surface area contributed by atoms with Gasteiger partial charge in [-0.1, -0.05) is 18.2 Å². The minimum atomic E-state index is -3.70. The van der Waals surface area contributed by atoms with Crippen molar-refractivity contribution in [2.75, 3.05) is 30.8 Å². The zero-order valence-corrected chi connectivity index (χ0v) is 17.8. The van der Waals surface area contributed by atoms with Crippen LogP contribution in [-0.2, 0) is 21.2 Å². The van der Waals surface area contributed by atoms with E-state index in [0.29, 0.717) is 6.54 Å². The van der Waals surface area contributed by atoms with E-state index in [1.807, 2.05) is 24.3 Å². The zero-order chi connectivity index (χ0) is 22.1. The van der Waals surface area contributed by atoms with E-state index in [4.69, 9.17) is 4.74 Å². The van der Waals surface area contributed by atoms with Gasteiger partial charge in [-0.3, -0.25) is 9.10 Å². The average molecular weight is 441 g/mol. The van der Waals surface area contributed by atoms with Crippen LogP contribution >= 0.6 is 0 Å². The van der Waals surface area contributed by atoms with Crippen LogP contribution in [0.3, 0.4) is 0 Å². The largest absolute Gasteiger partial charge is 0.496 e. The second kappa shape index (κ2) is 10.9. The van der Waals surface area contributed by atoms with Crippen LogP contribution in [0, 0.1) is 11.6 Å². The maximum Gasteiger partial charge on any atom is 0.232 e. The van der Waals surface area contributed by atoms with Gasteiger partial charge >= 0.3 is 0 Å². The minimum absolute atomic E-state index is 0.0153. The molecule has 0 unspecified atom stereocenters. The summed E-state index contributed by atoms with van der Waals surface area (Å²) in [6.45, 7) is 0.467. The van der Waals surface area contributed by atoms with Crippen molar-refractivity contribution < 1.29 is 26.7 Å². The predicted molar refractivity (Wildman–Crippen MR) is 112 cm³/mol. The lowest BCUT2D eigenvalue weighted by Crippen LogP contribution is -2.32. The van der Waals surface area contributed by atoms with Crippen LogP contribution in [0.1, 0.15) is 24.8 Å². The van der Waals surface area contributed by atoms with Crippen LogP contribution < -0.4 is 14.4 Å². The van der Waals surface area contributed by atoms with Gasteiger partial charge in [0, 0.05) is 25.6 Å². The van der Waals surface area contributed by atoms with E-state index < -0.39 is 21.7 Å². The third kappa shape index (κ3) is 6.98. The van der Waals surface area contributed by atoms with Crippen molar-refractivity contribution in [3.8, 4) is 5.75 Å². The number of aryl methyl sites for hydroxylation is 1. The quantitative estimate of drug-likeness (QED) is 0.544. The summed E-state index contributed by atoms with van der Waals surface area (Å²) >= 11 is 0. The Hall–Kier alpha value is -2.68. The fourth-order valence-electron chi connectivity index (χ4n) is 3.01. The molecule has 0 aliphatic carbocycles. The third-order valence-corrected chi connectivity index (χ3v) is 5.69. The molecule has 0 saturated carbocycles. The van der Waals surface area contributed by atoms with Crippen molar-refractivity contribution in [3.63, 3.8) is 0 Å². The Labute approximate surface area is 175 Å². The molecule has 0 saturated heterocycles. The molecule has 2 aromatic rings. The molecule has 0 bridgehead atoms. The third-order valence-electron chi connectivity index (χ3n) is 4.49. The minimum Gasteiger partial charge on any atom is -0.496 e. The molecule has 0 atom stereocenters. The summed E-state index contributed by atoms with van der Waals surface area (Å²) in [6, 6.07) is 10.6. The second-order valence-corrected chi connectivity index (χ2v) is 8.71. The topological polar surface area (TPSA) is 75.7 Å². The van der Waals surface area contributed by atoms with Gasteiger partial charge in [-0.2, -0.15) is 0 Å². The SMILES string of the molecule is COc1ccccc1CCCNC(=O)CCCN(c1ccc(F)c(F)c1)S(C)(=O)=O. The maximum atomic E-state index is 13.5. The number of rotatable bonds is 11. The van der Waals surface area contributed by atoms with E-state index in [-0.39, 0.29) is 31.0 Å². The Morgan fingerprint density at radius 1 is 1.10 bits per heavy atom. The average Bonchev–Trinajstić information content (AvgIpc) is 2.70. The normalized spacial score (nSPS) is 11.2. The van der Waals surface area contributed by atoms with Gasteiger partial charge in [0.15, 0.2) is 11.6 Å². The monoisotopic (exact) mass is 440 g/mol. The van der Waals surface area contributed by atoms with Crippen LogP contribution in [0.2, 0.25) is 0 Å². The number of hydrogen-bond acceptors (Lipinski definition) is 4. The molecule has 0 aromatic heterocycles. The van der Waals surface area contributed by atoms with Crippen molar-refractivity contribution in [1.82, 2.24) is 5.32 Å². The molecule has 9 heteroatoms. The summed E-state index contributed by atoms with van der Waals surface area (Å²) in [4.78, 5) is 12.0. The number of para-hydroxylation sites is 1. The highest BCUT2D eigenvalue weighted by atomic mass is 32.2. The van der Waals surface area contributed by atoms with Crippen molar-refractivity contribution in [3.05, 3.63) is 59.7 Å². The Kier molecular flexibility index (Phi) is 8.58. The number of nitrogens with zero attached hydrogens (tertiary/aromatic N) is 1. The fraction of sp³-hybridized carbons (Fsp3) is 0.381. The number of ether oxygens (including phenoxy) is 1. The van der Waals surface area contributed by atoms with E-state index >= 15 is 0 Å². The summed E-state index contributed by atoms with van der Waals surface area (Å²) in [7, 11) is -2.09. The highest BCUT2D eigenvalue weighted by Gasteiger charge is 2.19. The number of hydrogen-bond donors (Lipinski definition) is 1. The molecule has 1 N–H and O–H groups in total. The smallest absolute Gasteiger partial charge is 0.232 e. The first-order chi connectivity index (χ1) is 14.2. The van der Waals surface area contributed by atoms with Gasteiger partial charge < -0.3 is 10.1 Å². The number of benzene rings is 2. The molecule has 0 aliphatic rings. The number of anilines is 1.